The Morgan fingerprint density at radius 3 is 1.90 bits per heavy atom. The number of benzene rings is 3. The van der Waals surface area contributed by atoms with Gasteiger partial charge in [-0.1, -0.05) is 91.0 Å². The second kappa shape index (κ2) is 15.2. The average molecular weight is 571 g/mol. The summed E-state index contributed by atoms with van der Waals surface area (Å²) in [5.41, 5.74) is 2.86. The predicted octanol–water partition coefficient (Wildman–Crippen LogP) is 4.01. The Hall–Kier alpha value is -4.96. The van der Waals surface area contributed by atoms with E-state index in [9.17, 15) is 19.5 Å². The molecule has 10 heteroatoms. The molecule has 42 heavy (non-hydrogen) atoms. The summed E-state index contributed by atoms with van der Waals surface area (Å²) in [6.45, 7) is 1.65. The zero-order chi connectivity index (χ0) is 29.7. The lowest BCUT2D eigenvalue weighted by atomic mass is 10.0. The lowest BCUT2D eigenvalue weighted by Crippen LogP contribution is -2.53. The van der Waals surface area contributed by atoms with E-state index in [0.717, 1.165) is 16.7 Å². The number of ether oxygens (including phenoxy) is 2. The molecule has 1 aromatic heterocycles. The van der Waals surface area contributed by atoms with Crippen molar-refractivity contribution >= 4 is 18.1 Å². The molecular formula is C32H34N4O6. The number of nitrogens with one attached hydrogen (secondary N) is 2. The van der Waals surface area contributed by atoms with Gasteiger partial charge in [0, 0.05) is 12.6 Å². The van der Waals surface area contributed by atoms with E-state index < -0.39 is 36.3 Å². The molecule has 0 unspecified atom stereocenters. The van der Waals surface area contributed by atoms with E-state index in [4.69, 9.17) is 9.47 Å². The Balaban J connectivity index is 1.47. The molecule has 4 aromatic rings. The third-order valence-electron chi connectivity index (χ3n) is 6.56. The normalized spacial score (nSPS) is 12.9. The maximum Gasteiger partial charge on any atom is 0.419 e. The van der Waals surface area contributed by atoms with Crippen molar-refractivity contribution in [3.63, 3.8) is 0 Å². The molecule has 10 nitrogen and oxygen atoms in total. The Labute approximate surface area is 244 Å². The molecule has 0 fully saturated rings. The first-order valence-electron chi connectivity index (χ1n) is 13.6. The number of amides is 2. The topological polar surface area (TPSA) is 132 Å². The summed E-state index contributed by atoms with van der Waals surface area (Å²) in [5, 5.41) is 15.9. The first-order chi connectivity index (χ1) is 20.4. The molecule has 0 spiro atoms. The number of alkyl carbamates (subject to hydrolysis) is 1. The molecule has 3 aromatic carbocycles. The summed E-state index contributed by atoms with van der Waals surface area (Å²) >= 11 is 0. The number of nitrogens with zero attached hydrogens (tertiary/aromatic N) is 2. The average Bonchev–Trinajstić information content (AvgIpc) is 3.48. The number of carbonyl (C=O) groups excluding carboxylic acids is 3. The summed E-state index contributed by atoms with van der Waals surface area (Å²) in [7, 11) is 0. The van der Waals surface area contributed by atoms with Crippen LogP contribution in [0.25, 0.3) is 0 Å². The van der Waals surface area contributed by atoms with E-state index in [0.29, 0.717) is 12.1 Å². The predicted molar refractivity (Wildman–Crippen MR) is 155 cm³/mol. The van der Waals surface area contributed by atoms with Crippen LogP contribution in [0.4, 0.5) is 9.59 Å². The van der Waals surface area contributed by atoms with Gasteiger partial charge in [-0.05, 0) is 30.0 Å². The highest BCUT2D eigenvalue weighted by Gasteiger charge is 2.28. The molecule has 3 N–H and O–H groups in total. The van der Waals surface area contributed by atoms with Crippen molar-refractivity contribution in [2.24, 2.45) is 0 Å². The maximum atomic E-state index is 13.5. The molecular weight excluding hydrogens is 536 g/mol. The number of imidazole rings is 1. The van der Waals surface area contributed by atoms with E-state index in [1.165, 1.54) is 17.1 Å². The number of aliphatic hydroxyl groups excluding tert-OH is 1. The molecule has 4 rings (SSSR count). The molecule has 0 aliphatic heterocycles. The quantitative estimate of drug-likeness (QED) is 0.235. The van der Waals surface area contributed by atoms with Crippen molar-refractivity contribution in [2.45, 2.75) is 51.2 Å². The maximum absolute atomic E-state index is 13.5. The zero-order valence-electron chi connectivity index (χ0n) is 23.3. The minimum absolute atomic E-state index is 0.00899. The number of rotatable bonds is 12. The SMILES string of the molecule is C[C@@H](O)[C@H](Cc1ccccc1)NC(=O)[C@H](Cc1cncn1C(=O)OCc1ccccc1)NC(=O)OCc1ccccc1. The van der Waals surface area contributed by atoms with Gasteiger partial charge in [0.05, 0.1) is 17.8 Å². The van der Waals surface area contributed by atoms with Gasteiger partial charge in [-0.3, -0.25) is 4.79 Å². The molecule has 1 heterocycles. The van der Waals surface area contributed by atoms with Crippen molar-refractivity contribution in [1.29, 1.82) is 0 Å². The zero-order valence-corrected chi connectivity index (χ0v) is 23.3. The standard InChI is InChI=1S/C32H34N4O6/c1-23(37)28(17-24-11-5-2-6-12-24)34-30(38)29(35-31(39)41-20-25-13-7-3-8-14-25)18-27-19-33-22-36(27)32(40)42-21-26-15-9-4-10-16-26/h2-16,19,22-23,28-29,37H,17-18,20-21H2,1H3,(H,34,38)(H,35,39)/t23-,28+,29+/m1/s1. The van der Waals surface area contributed by atoms with Gasteiger partial charge < -0.3 is 25.2 Å². The number of hydrogen-bond donors (Lipinski definition) is 3. The van der Waals surface area contributed by atoms with Crippen LogP contribution < -0.4 is 10.6 Å². The number of aromatic nitrogens is 2. The molecule has 0 aliphatic carbocycles. The fourth-order valence-corrected chi connectivity index (χ4v) is 4.25. The fraction of sp³-hybridized carbons (Fsp3) is 0.250. The van der Waals surface area contributed by atoms with Crippen molar-refractivity contribution in [1.82, 2.24) is 20.2 Å². The Morgan fingerprint density at radius 2 is 1.33 bits per heavy atom. The van der Waals surface area contributed by atoms with Crippen LogP contribution in [0, 0.1) is 0 Å². The van der Waals surface area contributed by atoms with Crippen LogP contribution in [0.5, 0.6) is 0 Å². The molecule has 218 valence electrons. The second-order valence-corrected chi connectivity index (χ2v) is 9.80. The molecule has 0 saturated heterocycles. The largest absolute Gasteiger partial charge is 0.445 e. The van der Waals surface area contributed by atoms with E-state index in [1.54, 1.807) is 6.92 Å². The summed E-state index contributed by atoms with van der Waals surface area (Å²) in [6.07, 6.45) is 0.634. The minimum atomic E-state index is -1.15. The lowest BCUT2D eigenvalue weighted by Gasteiger charge is -2.25. The van der Waals surface area contributed by atoms with E-state index in [-0.39, 0.29) is 19.6 Å². The Morgan fingerprint density at radius 1 is 0.786 bits per heavy atom. The van der Waals surface area contributed by atoms with Gasteiger partial charge in [-0.25, -0.2) is 19.1 Å². The van der Waals surface area contributed by atoms with Crippen molar-refractivity contribution < 1.29 is 29.0 Å². The molecule has 0 bridgehead atoms. The first-order valence-corrected chi connectivity index (χ1v) is 13.6. The van der Waals surface area contributed by atoms with Gasteiger partial charge >= 0.3 is 12.2 Å². The molecule has 3 atom stereocenters. The van der Waals surface area contributed by atoms with Crippen LogP contribution in [0.15, 0.2) is 104 Å². The molecule has 0 aliphatic rings. The van der Waals surface area contributed by atoms with Gasteiger partial charge in [-0.2, -0.15) is 0 Å². The van der Waals surface area contributed by atoms with Gasteiger partial charge in [0.1, 0.15) is 25.6 Å². The molecule has 2 amide bonds. The Bertz CT molecular complexity index is 1430. The van der Waals surface area contributed by atoms with Crippen LogP contribution >= 0.6 is 0 Å². The molecule has 0 radical (unpaired) electrons. The van der Waals surface area contributed by atoms with Gasteiger partial charge in [0.2, 0.25) is 5.91 Å². The van der Waals surface area contributed by atoms with Crippen LogP contribution in [0.2, 0.25) is 0 Å². The summed E-state index contributed by atoms with van der Waals surface area (Å²) in [5.74, 6) is -0.557. The fourth-order valence-electron chi connectivity index (χ4n) is 4.25. The van der Waals surface area contributed by atoms with E-state index in [1.807, 2.05) is 91.0 Å². The smallest absolute Gasteiger partial charge is 0.419 e. The van der Waals surface area contributed by atoms with Crippen LogP contribution in [0.3, 0.4) is 0 Å². The van der Waals surface area contributed by atoms with Gasteiger partial charge in [0.15, 0.2) is 0 Å². The lowest BCUT2D eigenvalue weighted by molar-refractivity contribution is -0.124. The number of aliphatic hydroxyl groups is 1. The molecule has 0 saturated carbocycles. The van der Waals surface area contributed by atoms with Crippen molar-refractivity contribution in [3.05, 3.63) is 126 Å². The third-order valence-corrected chi connectivity index (χ3v) is 6.56. The van der Waals surface area contributed by atoms with E-state index in [2.05, 4.69) is 15.6 Å². The number of hydrogen-bond acceptors (Lipinski definition) is 7. The highest BCUT2D eigenvalue weighted by atomic mass is 16.6. The first kappa shape index (κ1) is 30.0. The summed E-state index contributed by atoms with van der Waals surface area (Å²) < 4.78 is 12.0. The third kappa shape index (κ3) is 9.03. The van der Waals surface area contributed by atoms with Gasteiger partial charge in [-0.15, -0.1) is 0 Å². The van der Waals surface area contributed by atoms with Crippen molar-refractivity contribution in [2.75, 3.05) is 0 Å². The monoisotopic (exact) mass is 570 g/mol. The highest BCUT2D eigenvalue weighted by molar-refractivity contribution is 5.86. The van der Waals surface area contributed by atoms with Crippen LogP contribution in [-0.2, 0) is 40.3 Å². The minimum Gasteiger partial charge on any atom is -0.445 e. The van der Waals surface area contributed by atoms with E-state index >= 15 is 0 Å². The highest BCUT2D eigenvalue weighted by Crippen LogP contribution is 2.11. The van der Waals surface area contributed by atoms with Crippen molar-refractivity contribution in [3.8, 4) is 0 Å². The summed E-state index contributed by atoms with van der Waals surface area (Å²) in [6, 6.07) is 26.0. The Kier molecular flexibility index (Phi) is 10.8. The second-order valence-electron chi connectivity index (χ2n) is 9.80. The van der Waals surface area contributed by atoms with Gasteiger partial charge in [0.25, 0.3) is 0 Å². The summed E-state index contributed by atoms with van der Waals surface area (Å²) in [4.78, 5) is 43.2. The van der Waals surface area contributed by atoms with Crippen LogP contribution in [-0.4, -0.2) is 50.9 Å². The number of carbonyl (C=O) groups is 3. The van der Waals surface area contributed by atoms with Crippen LogP contribution in [0.1, 0.15) is 29.3 Å².